The van der Waals surface area contributed by atoms with E-state index in [2.05, 4.69) is 12.2 Å². The average molecular weight is 240 g/mol. The van der Waals surface area contributed by atoms with Crippen LogP contribution in [0.3, 0.4) is 0 Å². The molecule has 2 aliphatic rings. The lowest BCUT2D eigenvalue weighted by molar-refractivity contribution is -0.124. The predicted octanol–water partition coefficient (Wildman–Crippen LogP) is 1.19. The zero-order valence-electron chi connectivity index (χ0n) is 10.7. The van der Waals surface area contributed by atoms with Crippen LogP contribution in [0.25, 0.3) is 0 Å². The van der Waals surface area contributed by atoms with Crippen LogP contribution in [0.2, 0.25) is 0 Å². The molecule has 0 aromatic carbocycles. The van der Waals surface area contributed by atoms with Gasteiger partial charge in [0.05, 0.1) is 12.1 Å². The van der Waals surface area contributed by atoms with Crippen molar-refractivity contribution in [1.82, 2.24) is 5.32 Å². The van der Waals surface area contributed by atoms with Crippen LogP contribution in [0.15, 0.2) is 0 Å². The minimum atomic E-state index is -0.137. The summed E-state index contributed by atoms with van der Waals surface area (Å²) >= 11 is 0. The summed E-state index contributed by atoms with van der Waals surface area (Å²) in [6.07, 6.45) is 5.91. The molecule has 1 aliphatic carbocycles. The highest BCUT2D eigenvalue weighted by molar-refractivity contribution is 5.77. The topological polar surface area (TPSA) is 64.4 Å². The van der Waals surface area contributed by atoms with Gasteiger partial charge >= 0.3 is 0 Å². The third-order valence-corrected chi connectivity index (χ3v) is 4.03. The molecule has 3 N–H and O–H groups in total. The minimum absolute atomic E-state index is 0.137. The van der Waals surface area contributed by atoms with Gasteiger partial charge in [0.25, 0.3) is 0 Å². The number of amides is 1. The van der Waals surface area contributed by atoms with E-state index >= 15 is 0 Å². The lowest BCUT2D eigenvalue weighted by Crippen LogP contribution is -2.47. The molecule has 1 saturated heterocycles. The Morgan fingerprint density at radius 1 is 1.41 bits per heavy atom. The second-order valence-corrected chi connectivity index (χ2v) is 5.90. The fourth-order valence-corrected chi connectivity index (χ4v) is 2.81. The summed E-state index contributed by atoms with van der Waals surface area (Å²) < 4.78 is 5.33. The van der Waals surface area contributed by atoms with Crippen LogP contribution in [0.5, 0.6) is 0 Å². The van der Waals surface area contributed by atoms with Crippen LogP contribution in [0, 0.1) is 5.92 Å². The fourth-order valence-electron chi connectivity index (χ4n) is 2.81. The van der Waals surface area contributed by atoms with Gasteiger partial charge in [0.15, 0.2) is 0 Å². The largest absolute Gasteiger partial charge is 0.379 e. The van der Waals surface area contributed by atoms with Crippen molar-refractivity contribution in [1.29, 1.82) is 0 Å². The molecule has 1 unspecified atom stereocenters. The van der Waals surface area contributed by atoms with Gasteiger partial charge in [-0.15, -0.1) is 0 Å². The number of ether oxygens (including phenoxy) is 1. The van der Waals surface area contributed by atoms with Gasteiger partial charge in [0.1, 0.15) is 0 Å². The summed E-state index contributed by atoms with van der Waals surface area (Å²) in [5.41, 5.74) is 5.73. The Balaban J connectivity index is 1.73. The second-order valence-electron chi connectivity index (χ2n) is 5.90. The Morgan fingerprint density at radius 2 is 2.12 bits per heavy atom. The van der Waals surface area contributed by atoms with E-state index in [0.29, 0.717) is 25.0 Å². The number of nitrogens with one attached hydrogen (secondary N) is 1. The van der Waals surface area contributed by atoms with Crippen molar-refractivity contribution >= 4 is 5.91 Å². The van der Waals surface area contributed by atoms with Gasteiger partial charge in [0.2, 0.25) is 5.91 Å². The summed E-state index contributed by atoms with van der Waals surface area (Å²) in [6.45, 7) is 3.47. The van der Waals surface area contributed by atoms with Crippen LogP contribution in [0.1, 0.15) is 45.4 Å². The van der Waals surface area contributed by atoms with Gasteiger partial charge in [-0.1, -0.05) is 0 Å². The molecule has 98 valence electrons. The van der Waals surface area contributed by atoms with E-state index in [1.165, 1.54) is 0 Å². The molecule has 1 atom stereocenters. The summed E-state index contributed by atoms with van der Waals surface area (Å²) in [7, 11) is 0. The summed E-state index contributed by atoms with van der Waals surface area (Å²) in [5.74, 6) is 0.708. The lowest BCUT2D eigenvalue weighted by Gasteiger charge is -2.28. The number of carbonyl (C=O) groups is 1. The Bertz CT molecular complexity index is 267. The van der Waals surface area contributed by atoms with Crippen LogP contribution >= 0.6 is 0 Å². The maximum absolute atomic E-state index is 12.0. The van der Waals surface area contributed by atoms with Crippen molar-refractivity contribution in [3.8, 4) is 0 Å². The molecular weight excluding hydrogens is 216 g/mol. The van der Waals surface area contributed by atoms with Crippen molar-refractivity contribution < 1.29 is 9.53 Å². The van der Waals surface area contributed by atoms with E-state index in [4.69, 9.17) is 10.5 Å². The molecule has 4 heteroatoms. The van der Waals surface area contributed by atoms with Gasteiger partial charge in [-0.2, -0.15) is 0 Å². The molecule has 1 amide bonds. The lowest BCUT2D eigenvalue weighted by atomic mass is 9.84. The molecule has 4 nitrogen and oxygen atoms in total. The monoisotopic (exact) mass is 240 g/mol. The molecule has 0 aromatic rings. The quantitative estimate of drug-likeness (QED) is 0.779. The van der Waals surface area contributed by atoms with E-state index in [0.717, 1.165) is 38.7 Å². The third-order valence-electron chi connectivity index (χ3n) is 4.03. The SMILES string of the molecule is CC1(NC(=O)CC2CCC(N)CC2)CCOC1. The Hall–Kier alpha value is -0.610. The van der Waals surface area contributed by atoms with Gasteiger partial charge in [-0.25, -0.2) is 0 Å². The molecule has 0 bridgehead atoms. The van der Waals surface area contributed by atoms with Crippen LogP contribution < -0.4 is 11.1 Å². The molecule has 17 heavy (non-hydrogen) atoms. The highest BCUT2D eigenvalue weighted by Gasteiger charge is 2.32. The second kappa shape index (κ2) is 5.36. The van der Waals surface area contributed by atoms with Crippen LogP contribution in [-0.2, 0) is 9.53 Å². The molecule has 1 saturated carbocycles. The summed E-state index contributed by atoms with van der Waals surface area (Å²) in [5, 5.41) is 3.12. The van der Waals surface area contributed by atoms with Gasteiger partial charge in [-0.05, 0) is 44.9 Å². The van der Waals surface area contributed by atoms with Gasteiger partial charge in [0, 0.05) is 19.1 Å². The van der Waals surface area contributed by atoms with Crippen molar-refractivity contribution in [2.24, 2.45) is 11.7 Å². The predicted molar refractivity (Wildman–Crippen MR) is 66.5 cm³/mol. The van der Waals surface area contributed by atoms with Gasteiger partial charge < -0.3 is 15.8 Å². The molecule has 1 aliphatic heterocycles. The summed E-state index contributed by atoms with van der Waals surface area (Å²) in [6, 6.07) is 0.357. The minimum Gasteiger partial charge on any atom is -0.379 e. The highest BCUT2D eigenvalue weighted by Crippen LogP contribution is 2.26. The molecule has 2 rings (SSSR count). The maximum Gasteiger partial charge on any atom is 0.220 e. The highest BCUT2D eigenvalue weighted by atomic mass is 16.5. The van der Waals surface area contributed by atoms with Crippen molar-refractivity contribution in [3.63, 3.8) is 0 Å². The van der Waals surface area contributed by atoms with E-state index < -0.39 is 0 Å². The number of carbonyl (C=O) groups excluding carboxylic acids is 1. The normalized spacial score (nSPS) is 38.0. The number of hydrogen-bond donors (Lipinski definition) is 2. The molecule has 2 fully saturated rings. The van der Waals surface area contributed by atoms with Crippen molar-refractivity contribution in [2.45, 2.75) is 57.0 Å². The zero-order chi connectivity index (χ0) is 12.3. The van der Waals surface area contributed by atoms with Crippen molar-refractivity contribution in [2.75, 3.05) is 13.2 Å². The molecule has 0 radical (unpaired) electrons. The third kappa shape index (κ3) is 3.68. The Labute approximate surface area is 103 Å². The number of rotatable bonds is 3. The first-order valence-corrected chi connectivity index (χ1v) is 6.72. The first kappa shape index (κ1) is 12.8. The molecular formula is C13H24N2O2. The standard InChI is InChI=1S/C13H24N2O2/c1-13(6-7-17-9-13)15-12(16)8-10-2-4-11(14)5-3-10/h10-11H,2-9,14H2,1H3,(H,15,16). The number of hydrogen-bond acceptors (Lipinski definition) is 3. The smallest absolute Gasteiger partial charge is 0.220 e. The maximum atomic E-state index is 12.0. The van der Waals surface area contributed by atoms with E-state index in [1.807, 2.05) is 0 Å². The van der Waals surface area contributed by atoms with Crippen LogP contribution in [0.4, 0.5) is 0 Å². The summed E-state index contributed by atoms with van der Waals surface area (Å²) in [4.78, 5) is 12.0. The Morgan fingerprint density at radius 3 is 2.71 bits per heavy atom. The van der Waals surface area contributed by atoms with E-state index in [1.54, 1.807) is 0 Å². The fraction of sp³-hybridized carbons (Fsp3) is 0.923. The van der Waals surface area contributed by atoms with Crippen molar-refractivity contribution in [3.05, 3.63) is 0 Å². The van der Waals surface area contributed by atoms with Crippen LogP contribution in [-0.4, -0.2) is 30.7 Å². The number of nitrogens with two attached hydrogens (primary N) is 1. The average Bonchev–Trinajstić information content (AvgIpc) is 2.68. The first-order valence-electron chi connectivity index (χ1n) is 6.72. The van der Waals surface area contributed by atoms with Gasteiger partial charge in [-0.3, -0.25) is 4.79 Å². The zero-order valence-corrected chi connectivity index (χ0v) is 10.7. The Kier molecular flexibility index (Phi) is 4.05. The van der Waals surface area contributed by atoms with E-state index in [-0.39, 0.29) is 11.4 Å². The van der Waals surface area contributed by atoms with E-state index in [9.17, 15) is 4.79 Å². The molecule has 1 heterocycles. The molecule has 0 aromatic heterocycles. The first-order chi connectivity index (χ1) is 8.07. The molecule has 0 spiro atoms.